The molecule has 0 aliphatic heterocycles. The number of rotatable bonds is 6. The van der Waals surface area contributed by atoms with Gasteiger partial charge in [0.05, 0.1) is 11.8 Å². The van der Waals surface area contributed by atoms with Crippen molar-refractivity contribution in [1.82, 2.24) is 4.72 Å². The van der Waals surface area contributed by atoms with Crippen molar-refractivity contribution in [2.24, 2.45) is 0 Å². The molecule has 6 heteroatoms. The summed E-state index contributed by atoms with van der Waals surface area (Å²) in [6.45, 7) is 0.458. The highest BCUT2D eigenvalue weighted by Crippen LogP contribution is 2.36. The minimum absolute atomic E-state index is 0.0965. The van der Waals surface area contributed by atoms with Crippen molar-refractivity contribution in [2.75, 3.05) is 19.5 Å². The smallest absolute Gasteiger partial charge is 0.212 e. The molecule has 0 spiro atoms. The van der Waals surface area contributed by atoms with Gasteiger partial charge in [-0.25, -0.2) is 13.1 Å². The van der Waals surface area contributed by atoms with Gasteiger partial charge < -0.3 is 4.74 Å². The SMILES string of the molecule is COCCCS(=O)(=O)NC1c2ccccc2CC1Br. The van der Waals surface area contributed by atoms with E-state index in [-0.39, 0.29) is 16.6 Å². The van der Waals surface area contributed by atoms with Crippen LogP contribution in [0, 0.1) is 0 Å². The first-order valence-corrected chi connectivity index (χ1v) is 8.81. The average molecular weight is 348 g/mol. The molecular weight excluding hydrogens is 330 g/mol. The number of benzene rings is 1. The molecule has 2 rings (SSSR count). The Labute approximate surface area is 122 Å². The second-order valence-electron chi connectivity index (χ2n) is 4.68. The van der Waals surface area contributed by atoms with Gasteiger partial charge in [-0.1, -0.05) is 40.2 Å². The minimum atomic E-state index is -3.27. The summed E-state index contributed by atoms with van der Waals surface area (Å²) in [6.07, 6.45) is 1.36. The van der Waals surface area contributed by atoms with Crippen LogP contribution in [-0.2, 0) is 21.2 Å². The lowest BCUT2D eigenvalue weighted by Crippen LogP contribution is -2.33. The summed E-state index contributed by atoms with van der Waals surface area (Å²) in [5.74, 6) is 0.0965. The van der Waals surface area contributed by atoms with Gasteiger partial charge >= 0.3 is 0 Å². The summed E-state index contributed by atoms with van der Waals surface area (Å²) >= 11 is 3.57. The number of ether oxygens (including phenoxy) is 1. The van der Waals surface area contributed by atoms with Crippen molar-refractivity contribution in [3.8, 4) is 0 Å². The molecule has 1 aromatic rings. The monoisotopic (exact) mass is 347 g/mol. The molecule has 0 bridgehead atoms. The van der Waals surface area contributed by atoms with E-state index in [1.165, 1.54) is 5.56 Å². The lowest BCUT2D eigenvalue weighted by Gasteiger charge is -2.17. The molecule has 0 saturated carbocycles. The zero-order chi connectivity index (χ0) is 13.9. The Hall–Kier alpha value is -0.430. The number of alkyl halides is 1. The number of methoxy groups -OCH3 is 1. The van der Waals surface area contributed by atoms with Crippen molar-refractivity contribution in [3.63, 3.8) is 0 Å². The summed E-state index contributed by atoms with van der Waals surface area (Å²) in [6, 6.07) is 7.77. The molecule has 0 amide bonds. The van der Waals surface area contributed by atoms with Crippen LogP contribution in [0.3, 0.4) is 0 Å². The van der Waals surface area contributed by atoms with Gasteiger partial charge in [0, 0.05) is 18.5 Å². The van der Waals surface area contributed by atoms with E-state index in [2.05, 4.69) is 20.7 Å². The van der Waals surface area contributed by atoms with Gasteiger partial charge in [-0.15, -0.1) is 0 Å². The number of hydrogen-bond acceptors (Lipinski definition) is 3. The van der Waals surface area contributed by atoms with Crippen molar-refractivity contribution in [2.45, 2.75) is 23.7 Å². The lowest BCUT2D eigenvalue weighted by atomic mass is 10.1. The van der Waals surface area contributed by atoms with Crippen molar-refractivity contribution >= 4 is 26.0 Å². The van der Waals surface area contributed by atoms with Gasteiger partial charge in [0.15, 0.2) is 0 Å². The van der Waals surface area contributed by atoms with Crippen LogP contribution in [0.5, 0.6) is 0 Å². The molecule has 0 aromatic heterocycles. The molecule has 1 aliphatic rings. The average Bonchev–Trinajstić information content (AvgIpc) is 2.66. The third-order valence-corrected chi connectivity index (χ3v) is 5.53. The van der Waals surface area contributed by atoms with Gasteiger partial charge in [-0.3, -0.25) is 0 Å². The zero-order valence-corrected chi connectivity index (χ0v) is 13.2. The summed E-state index contributed by atoms with van der Waals surface area (Å²) < 4.78 is 31.7. The minimum Gasteiger partial charge on any atom is -0.385 e. The van der Waals surface area contributed by atoms with E-state index < -0.39 is 10.0 Å². The van der Waals surface area contributed by atoms with E-state index in [0.29, 0.717) is 13.0 Å². The second-order valence-corrected chi connectivity index (χ2v) is 7.73. The Bertz CT molecular complexity index is 532. The molecule has 0 saturated heterocycles. The largest absolute Gasteiger partial charge is 0.385 e. The molecule has 106 valence electrons. The summed E-state index contributed by atoms with van der Waals surface area (Å²) in [5, 5.41) is 0. The summed E-state index contributed by atoms with van der Waals surface area (Å²) in [4.78, 5) is 0.113. The van der Waals surface area contributed by atoms with Crippen LogP contribution < -0.4 is 4.72 Å². The van der Waals surface area contributed by atoms with Gasteiger partial charge in [-0.2, -0.15) is 0 Å². The van der Waals surface area contributed by atoms with Crippen LogP contribution in [0.15, 0.2) is 24.3 Å². The molecule has 1 N–H and O–H groups in total. The fourth-order valence-electron chi connectivity index (χ4n) is 2.33. The Morgan fingerprint density at radius 1 is 1.42 bits per heavy atom. The Morgan fingerprint density at radius 2 is 2.16 bits per heavy atom. The Morgan fingerprint density at radius 3 is 2.89 bits per heavy atom. The Balaban J connectivity index is 2.07. The molecule has 1 aliphatic carbocycles. The Kier molecular flexibility index (Phi) is 5.00. The van der Waals surface area contributed by atoms with Gasteiger partial charge in [-0.05, 0) is 24.0 Å². The topological polar surface area (TPSA) is 55.4 Å². The van der Waals surface area contributed by atoms with E-state index in [1.54, 1.807) is 7.11 Å². The quantitative estimate of drug-likeness (QED) is 0.632. The molecular formula is C13H18BrNO3S. The number of hydrogen-bond donors (Lipinski definition) is 1. The van der Waals surface area contributed by atoms with Crippen molar-refractivity contribution in [3.05, 3.63) is 35.4 Å². The number of fused-ring (bicyclic) bond motifs is 1. The third-order valence-electron chi connectivity index (χ3n) is 3.23. The predicted molar refractivity (Wildman–Crippen MR) is 79.0 cm³/mol. The fourth-order valence-corrected chi connectivity index (χ4v) is 4.56. The molecule has 1 aromatic carbocycles. The van der Waals surface area contributed by atoms with Crippen LogP contribution in [0.1, 0.15) is 23.6 Å². The second kappa shape index (κ2) is 6.35. The summed E-state index contributed by atoms with van der Waals surface area (Å²) in [7, 11) is -1.70. The van der Waals surface area contributed by atoms with E-state index in [1.807, 2.05) is 24.3 Å². The van der Waals surface area contributed by atoms with Gasteiger partial charge in [0.1, 0.15) is 0 Å². The first-order chi connectivity index (χ1) is 9.03. The van der Waals surface area contributed by atoms with E-state index >= 15 is 0 Å². The maximum Gasteiger partial charge on any atom is 0.212 e. The standard InChI is InChI=1S/C13H18BrNO3S/c1-18-7-4-8-19(16,17)15-13-11-6-3-2-5-10(11)9-12(13)14/h2-3,5-6,12-13,15H,4,7-9H2,1H3. The molecule has 0 heterocycles. The number of sulfonamides is 1. The molecule has 19 heavy (non-hydrogen) atoms. The first kappa shape index (κ1) is 15.0. The molecule has 0 radical (unpaired) electrons. The predicted octanol–water partition coefficient (Wildman–Crippen LogP) is 2.00. The lowest BCUT2D eigenvalue weighted by molar-refractivity contribution is 0.199. The van der Waals surface area contributed by atoms with E-state index in [4.69, 9.17) is 4.74 Å². The molecule has 4 nitrogen and oxygen atoms in total. The van der Waals surface area contributed by atoms with Crippen LogP contribution in [0.2, 0.25) is 0 Å². The highest BCUT2D eigenvalue weighted by atomic mass is 79.9. The van der Waals surface area contributed by atoms with Crippen molar-refractivity contribution in [1.29, 1.82) is 0 Å². The zero-order valence-electron chi connectivity index (χ0n) is 10.8. The first-order valence-electron chi connectivity index (χ1n) is 6.24. The maximum atomic E-state index is 12.0. The number of halogens is 1. The third kappa shape index (κ3) is 3.78. The van der Waals surface area contributed by atoms with E-state index in [0.717, 1.165) is 12.0 Å². The fraction of sp³-hybridized carbons (Fsp3) is 0.538. The maximum absolute atomic E-state index is 12.0. The highest BCUT2D eigenvalue weighted by Gasteiger charge is 2.33. The molecule has 2 atom stereocenters. The van der Waals surface area contributed by atoms with Gasteiger partial charge in [0.25, 0.3) is 0 Å². The molecule has 2 unspecified atom stereocenters. The van der Waals surface area contributed by atoms with Crippen LogP contribution in [-0.4, -0.2) is 32.7 Å². The number of nitrogens with one attached hydrogen (secondary N) is 1. The van der Waals surface area contributed by atoms with Crippen molar-refractivity contribution < 1.29 is 13.2 Å². The van der Waals surface area contributed by atoms with Crippen LogP contribution in [0.4, 0.5) is 0 Å². The normalized spacial score (nSPS) is 22.4. The summed E-state index contributed by atoms with van der Waals surface area (Å²) in [5.41, 5.74) is 2.27. The van der Waals surface area contributed by atoms with Crippen LogP contribution >= 0.6 is 15.9 Å². The highest BCUT2D eigenvalue weighted by molar-refractivity contribution is 9.09. The molecule has 0 fully saturated rings. The van der Waals surface area contributed by atoms with Gasteiger partial charge in [0.2, 0.25) is 10.0 Å². The van der Waals surface area contributed by atoms with Crippen LogP contribution in [0.25, 0.3) is 0 Å². The van der Waals surface area contributed by atoms with E-state index in [9.17, 15) is 8.42 Å².